The van der Waals surface area contributed by atoms with Crippen LogP contribution < -0.4 is 4.90 Å². The third-order valence-corrected chi connectivity index (χ3v) is 5.03. The molecule has 0 saturated carbocycles. The van der Waals surface area contributed by atoms with Crippen LogP contribution in [0.5, 0.6) is 0 Å². The maximum absolute atomic E-state index is 12.6. The molecule has 1 N–H and O–H groups in total. The second-order valence-corrected chi connectivity index (χ2v) is 7.35. The van der Waals surface area contributed by atoms with Gasteiger partial charge in [-0.2, -0.15) is 10.1 Å². The summed E-state index contributed by atoms with van der Waals surface area (Å²) in [6, 6.07) is 11.6. The Balaban J connectivity index is 1.36. The normalized spacial score (nSPS) is 16.7. The number of hydrogen-bond acceptors (Lipinski definition) is 6. The number of nitrogens with one attached hydrogen (secondary N) is 1. The van der Waals surface area contributed by atoms with E-state index in [1.165, 1.54) is 0 Å². The molecule has 3 aromatic heterocycles. The van der Waals surface area contributed by atoms with Crippen LogP contribution in [0.25, 0.3) is 23.0 Å². The van der Waals surface area contributed by atoms with Crippen LogP contribution in [-0.4, -0.2) is 32.8 Å². The molecule has 29 heavy (non-hydrogen) atoms. The number of nitrogens with zero attached hydrogens (tertiary/aromatic N) is 4. The molecule has 8 nitrogen and oxygen atoms in total. The molecule has 0 radical (unpaired) electrons. The van der Waals surface area contributed by atoms with E-state index in [4.69, 9.17) is 8.94 Å². The summed E-state index contributed by atoms with van der Waals surface area (Å²) in [5, 5.41) is 11.2. The summed E-state index contributed by atoms with van der Waals surface area (Å²) < 4.78 is 10.8. The molecule has 4 heterocycles. The highest BCUT2D eigenvalue weighted by Crippen LogP contribution is 2.32. The van der Waals surface area contributed by atoms with Gasteiger partial charge in [0.05, 0.1) is 6.26 Å². The van der Waals surface area contributed by atoms with Gasteiger partial charge in [-0.25, -0.2) is 0 Å². The molecule has 146 valence electrons. The number of carbonyl (C=O) groups is 1. The maximum atomic E-state index is 12.6. The van der Waals surface area contributed by atoms with Gasteiger partial charge in [-0.3, -0.25) is 9.89 Å². The van der Waals surface area contributed by atoms with Crippen molar-refractivity contribution in [3.05, 3.63) is 59.6 Å². The van der Waals surface area contributed by atoms with Gasteiger partial charge >= 0.3 is 0 Å². The van der Waals surface area contributed by atoms with Gasteiger partial charge in [-0.1, -0.05) is 11.2 Å². The molecule has 1 aromatic carbocycles. The van der Waals surface area contributed by atoms with E-state index in [0.717, 1.165) is 16.8 Å². The lowest BCUT2D eigenvalue weighted by molar-refractivity contribution is -0.117. The smallest absolute Gasteiger partial charge is 0.275 e. The summed E-state index contributed by atoms with van der Waals surface area (Å²) in [5.74, 6) is 1.45. The number of furan rings is 1. The Morgan fingerprint density at radius 3 is 2.76 bits per heavy atom. The molecule has 4 aromatic rings. The molecule has 0 spiro atoms. The number of carbonyl (C=O) groups excluding carboxylic acids is 1. The standard InChI is InChI=1S/C21H19N5O3/c1-12-6-13(2)8-15(7-12)26-11-14(9-19(26)27)20-22-21(29-25-20)17-10-16(23-24-17)18-4-3-5-28-18/h3-8,10,14H,9,11H2,1-2H3,(H,23,24). The highest BCUT2D eigenvalue weighted by atomic mass is 16.5. The van der Waals surface area contributed by atoms with Gasteiger partial charge in [0, 0.05) is 30.6 Å². The minimum atomic E-state index is -0.117. The molecule has 1 fully saturated rings. The molecule has 0 aliphatic carbocycles. The first-order valence-electron chi connectivity index (χ1n) is 9.39. The first-order chi connectivity index (χ1) is 14.1. The van der Waals surface area contributed by atoms with E-state index >= 15 is 0 Å². The summed E-state index contributed by atoms with van der Waals surface area (Å²) >= 11 is 0. The van der Waals surface area contributed by atoms with Crippen LogP contribution in [0.1, 0.15) is 29.3 Å². The van der Waals surface area contributed by atoms with Crippen molar-refractivity contribution in [3.63, 3.8) is 0 Å². The van der Waals surface area contributed by atoms with E-state index in [2.05, 4.69) is 26.4 Å². The molecular weight excluding hydrogens is 370 g/mol. The predicted octanol–water partition coefficient (Wildman–Crippen LogP) is 3.86. The first-order valence-corrected chi connectivity index (χ1v) is 9.39. The van der Waals surface area contributed by atoms with E-state index in [0.29, 0.717) is 41.8 Å². The fourth-order valence-electron chi connectivity index (χ4n) is 3.73. The Morgan fingerprint density at radius 1 is 1.17 bits per heavy atom. The molecule has 1 unspecified atom stereocenters. The van der Waals surface area contributed by atoms with E-state index in [1.807, 2.05) is 32.0 Å². The number of aromatic nitrogens is 4. The summed E-state index contributed by atoms with van der Waals surface area (Å²) in [7, 11) is 0. The lowest BCUT2D eigenvalue weighted by Gasteiger charge is -2.17. The van der Waals surface area contributed by atoms with Crippen LogP contribution in [0, 0.1) is 13.8 Å². The molecule has 1 amide bonds. The zero-order chi connectivity index (χ0) is 20.0. The zero-order valence-electron chi connectivity index (χ0n) is 16.0. The molecular formula is C21H19N5O3. The van der Waals surface area contributed by atoms with Crippen molar-refractivity contribution in [2.24, 2.45) is 0 Å². The summed E-state index contributed by atoms with van der Waals surface area (Å²) in [4.78, 5) is 18.9. The number of aromatic amines is 1. The number of H-pyrrole nitrogens is 1. The SMILES string of the molecule is Cc1cc(C)cc(N2CC(c3noc(-c4cc(-c5ccco5)n[nH]4)n3)CC2=O)c1. The van der Waals surface area contributed by atoms with Gasteiger partial charge in [-0.15, -0.1) is 0 Å². The second kappa shape index (κ2) is 6.73. The number of hydrogen-bond donors (Lipinski definition) is 1. The van der Waals surface area contributed by atoms with Crippen LogP contribution in [-0.2, 0) is 4.79 Å². The van der Waals surface area contributed by atoms with E-state index < -0.39 is 0 Å². The average Bonchev–Trinajstić information content (AvgIpc) is 3.45. The van der Waals surface area contributed by atoms with E-state index in [1.54, 1.807) is 23.3 Å². The highest BCUT2D eigenvalue weighted by molar-refractivity contribution is 5.96. The number of anilines is 1. The van der Waals surface area contributed by atoms with Gasteiger partial charge in [0.1, 0.15) is 11.4 Å². The summed E-state index contributed by atoms with van der Waals surface area (Å²) in [6.07, 6.45) is 1.94. The topological polar surface area (TPSA) is 101 Å². The Labute approximate surface area is 166 Å². The molecule has 8 heteroatoms. The van der Waals surface area contributed by atoms with Gasteiger partial charge in [0.15, 0.2) is 11.6 Å². The fourth-order valence-corrected chi connectivity index (χ4v) is 3.73. The van der Waals surface area contributed by atoms with Crippen LogP contribution in [0.2, 0.25) is 0 Å². The van der Waals surface area contributed by atoms with Crippen molar-refractivity contribution in [1.29, 1.82) is 0 Å². The molecule has 0 bridgehead atoms. The minimum absolute atomic E-state index is 0.0630. The number of rotatable bonds is 4. The molecule has 1 atom stereocenters. The third-order valence-electron chi connectivity index (χ3n) is 5.03. The van der Waals surface area contributed by atoms with Crippen LogP contribution in [0.15, 0.2) is 51.6 Å². The quantitative estimate of drug-likeness (QED) is 0.569. The Hall–Kier alpha value is -3.68. The van der Waals surface area contributed by atoms with Gasteiger partial charge in [0.2, 0.25) is 5.91 Å². The largest absolute Gasteiger partial charge is 0.463 e. The lowest BCUT2D eigenvalue weighted by atomic mass is 10.1. The van der Waals surface area contributed by atoms with E-state index in [9.17, 15) is 4.79 Å². The van der Waals surface area contributed by atoms with Crippen LogP contribution in [0.3, 0.4) is 0 Å². The van der Waals surface area contributed by atoms with Gasteiger partial charge in [-0.05, 0) is 49.2 Å². The first kappa shape index (κ1) is 17.4. The monoisotopic (exact) mass is 389 g/mol. The minimum Gasteiger partial charge on any atom is -0.463 e. The number of benzene rings is 1. The van der Waals surface area contributed by atoms with Crippen LogP contribution in [0.4, 0.5) is 5.69 Å². The summed E-state index contributed by atoms with van der Waals surface area (Å²) in [6.45, 7) is 4.59. The average molecular weight is 389 g/mol. The molecule has 1 saturated heterocycles. The molecule has 1 aliphatic rings. The van der Waals surface area contributed by atoms with Gasteiger partial charge in [0.25, 0.3) is 5.89 Å². The Bertz CT molecular complexity index is 1150. The maximum Gasteiger partial charge on any atom is 0.275 e. The van der Waals surface area contributed by atoms with Gasteiger partial charge < -0.3 is 13.8 Å². The third kappa shape index (κ3) is 3.22. The highest BCUT2D eigenvalue weighted by Gasteiger charge is 2.35. The van der Waals surface area contributed by atoms with Crippen LogP contribution >= 0.6 is 0 Å². The van der Waals surface area contributed by atoms with Crippen molar-refractivity contribution in [2.75, 3.05) is 11.4 Å². The zero-order valence-corrected chi connectivity index (χ0v) is 16.0. The summed E-state index contributed by atoms with van der Waals surface area (Å²) in [5.41, 5.74) is 4.43. The number of amides is 1. The predicted molar refractivity (Wildman–Crippen MR) is 105 cm³/mol. The Kier molecular flexibility index (Phi) is 4.04. The van der Waals surface area contributed by atoms with Crippen molar-refractivity contribution >= 4 is 11.6 Å². The molecule has 5 rings (SSSR count). The Morgan fingerprint density at radius 2 is 2.00 bits per heavy atom. The second-order valence-electron chi connectivity index (χ2n) is 7.35. The lowest BCUT2D eigenvalue weighted by Crippen LogP contribution is -2.24. The fraction of sp³-hybridized carbons (Fsp3) is 0.238. The molecule has 1 aliphatic heterocycles. The van der Waals surface area contributed by atoms with Crippen molar-refractivity contribution in [2.45, 2.75) is 26.2 Å². The van der Waals surface area contributed by atoms with Crippen molar-refractivity contribution in [1.82, 2.24) is 20.3 Å². The number of aryl methyl sites for hydroxylation is 2. The van der Waals surface area contributed by atoms with Crippen molar-refractivity contribution in [3.8, 4) is 23.0 Å². The van der Waals surface area contributed by atoms with E-state index in [-0.39, 0.29) is 11.8 Å². The van der Waals surface area contributed by atoms with Crippen molar-refractivity contribution < 1.29 is 13.7 Å².